The molecule has 0 aliphatic heterocycles. The summed E-state index contributed by atoms with van der Waals surface area (Å²) in [6, 6.07) is -0.155. The molecule has 0 radical (unpaired) electrons. The quantitative estimate of drug-likeness (QED) is 0.749. The van der Waals surface area contributed by atoms with Crippen molar-refractivity contribution in [2.75, 3.05) is 0 Å². The van der Waals surface area contributed by atoms with Gasteiger partial charge < -0.3 is 10.3 Å². The monoisotopic (exact) mass is 179 g/mol. The molecule has 13 heavy (non-hydrogen) atoms. The van der Waals surface area contributed by atoms with Crippen molar-refractivity contribution in [3.8, 4) is 0 Å². The van der Waals surface area contributed by atoms with Crippen molar-refractivity contribution >= 4 is 6.08 Å². The van der Waals surface area contributed by atoms with Crippen LogP contribution < -0.4 is 5.73 Å². The molecule has 0 bridgehead atoms. The third-order valence-electron chi connectivity index (χ3n) is 2.19. The van der Waals surface area contributed by atoms with Crippen LogP contribution >= 0.6 is 0 Å². The summed E-state index contributed by atoms with van der Waals surface area (Å²) < 4.78 is 5.01. The van der Waals surface area contributed by atoms with Gasteiger partial charge in [-0.2, -0.15) is 4.98 Å². The lowest BCUT2D eigenvalue weighted by Gasteiger charge is -2.14. The van der Waals surface area contributed by atoms with Crippen LogP contribution in [0.15, 0.2) is 10.1 Å². The zero-order valence-electron chi connectivity index (χ0n) is 7.66. The smallest absolute Gasteiger partial charge is 0.250 e. The van der Waals surface area contributed by atoms with E-state index in [1.54, 1.807) is 0 Å². The summed E-state index contributed by atoms with van der Waals surface area (Å²) >= 11 is 0. The molecule has 0 amide bonds. The van der Waals surface area contributed by atoms with Crippen LogP contribution in [0.2, 0.25) is 0 Å². The Morgan fingerprint density at radius 3 is 2.77 bits per heavy atom. The van der Waals surface area contributed by atoms with E-state index in [0.717, 1.165) is 12.8 Å². The highest BCUT2D eigenvalue weighted by Crippen LogP contribution is 2.27. The predicted octanol–water partition coefficient (Wildman–Crippen LogP) is 1.66. The Hall–Kier alpha value is -1.16. The molecule has 1 heterocycles. The van der Waals surface area contributed by atoms with E-state index >= 15 is 0 Å². The topological polar surface area (TPSA) is 64.9 Å². The van der Waals surface area contributed by atoms with E-state index in [1.807, 2.05) is 13.0 Å². The Bertz CT molecular complexity index is 321. The minimum atomic E-state index is -0.155. The van der Waals surface area contributed by atoms with E-state index in [2.05, 4.69) is 10.1 Å². The minimum Gasteiger partial charge on any atom is -0.335 e. The van der Waals surface area contributed by atoms with E-state index in [9.17, 15) is 0 Å². The molecule has 1 saturated carbocycles. The molecular formula is C9H13N3O. The van der Waals surface area contributed by atoms with Crippen LogP contribution in [0.3, 0.4) is 0 Å². The molecule has 1 aromatic heterocycles. The molecule has 1 aliphatic carbocycles. The standard InChI is InChI=1S/C9H13N3O/c1-6(10)9-11-8(13-12-9)5-7-3-2-4-7/h5-6H,2-4,10H2,1H3. The van der Waals surface area contributed by atoms with Crippen molar-refractivity contribution < 1.29 is 4.52 Å². The Kier molecular flexibility index (Phi) is 2.14. The van der Waals surface area contributed by atoms with Crippen LogP contribution in [0.25, 0.3) is 6.08 Å². The Morgan fingerprint density at radius 2 is 2.31 bits per heavy atom. The van der Waals surface area contributed by atoms with Crippen molar-refractivity contribution in [3.63, 3.8) is 0 Å². The number of hydrogen-bond acceptors (Lipinski definition) is 4. The molecule has 0 spiro atoms. The summed E-state index contributed by atoms with van der Waals surface area (Å²) in [6.07, 6.45) is 5.56. The Labute approximate surface area is 76.8 Å². The lowest BCUT2D eigenvalue weighted by Crippen LogP contribution is -2.06. The van der Waals surface area contributed by atoms with Gasteiger partial charge in [0.05, 0.1) is 6.04 Å². The van der Waals surface area contributed by atoms with Gasteiger partial charge in [-0.3, -0.25) is 0 Å². The first-order valence-corrected chi connectivity index (χ1v) is 4.54. The van der Waals surface area contributed by atoms with Gasteiger partial charge in [0.1, 0.15) is 0 Å². The number of aromatic nitrogens is 2. The van der Waals surface area contributed by atoms with Crippen molar-refractivity contribution in [1.82, 2.24) is 10.1 Å². The van der Waals surface area contributed by atoms with Gasteiger partial charge in [0, 0.05) is 6.08 Å². The maximum atomic E-state index is 5.60. The van der Waals surface area contributed by atoms with Gasteiger partial charge in [-0.15, -0.1) is 0 Å². The summed E-state index contributed by atoms with van der Waals surface area (Å²) in [5.41, 5.74) is 6.99. The molecular weight excluding hydrogens is 166 g/mol. The van der Waals surface area contributed by atoms with Gasteiger partial charge in [-0.05, 0) is 26.2 Å². The van der Waals surface area contributed by atoms with E-state index in [4.69, 9.17) is 10.3 Å². The molecule has 4 heteroatoms. The first-order chi connectivity index (χ1) is 6.25. The van der Waals surface area contributed by atoms with Crippen LogP contribution in [0.1, 0.15) is 43.9 Å². The molecule has 2 rings (SSSR count). The second kappa shape index (κ2) is 3.30. The first-order valence-electron chi connectivity index (χ1n) is 4.54. The van der Waals surface area contributed by atoms with Crippen molar-refractivity contribution in [2.24, 2.45) is 5.73 Å². The van der Waals surface area contributed by atoms with Crippen LogP contribution in [-0.4, -0.2) is 10.1 Å². The summed E-state index contributed by atoms with van der Waals surface area (Å²) in [6.45, 7) is 1.84. The fourth-order valence-corrected chi connectivity index (χ4v) is 1.19. The van der Waals surface area contributed by atoms with E-state index in [0.29, 0.717) is 11.7 Å². The van der Waals surface area contributed by atoms with Gasteiger partial charge in [-0.1, -0.05) is 10.7 Å². The summed E-state index contributed by atoms with van der Waals surface area (Å²) in [7, 11) is 0. The Balaban J connectivity index is 2.13. The van der Waals surface area contributed by atoms with Gasteiger partial charge in [0.15, 0.2) is 5.82 Å². The van der Waals surface area contributed by atoms with Crippen molar-refractivity contribution in [2.45, 2.75) is 32.2 Å². The molecule has 0 saturated heterocycles. The van der Waals surface area contributed by atoms with Gasteiger partial charge in [0.25, 0.3) is 5.89 Å². The SMILES string of the molecule is CC(N)c1noc(C=C2CCC2)n1. The molecule has 4 nitrogen and oxygen atoms in total. The van der Waals surface area contributed by atoms with Crippen molar-refractivity contribution in [1.29, 1.82) is 0 Å². The largest absolute Gasteiger partial charge is 0.335 e. The molecule has 1 atom stereocenters. The molecule has 1 aliphatic rings. The number of allylic oxidation sites excluding steroid dienone is 1. The minimum absolute atomic E-state index is 0.155. The van der Waals surface area contributed by atoms with Crippen LogP contribution in [-0.2, 0) is 0 Å². The molecule has 1 fully saturated rings. The first kappa shape index (κ1) is 8.44. The van der Waals surface area contributed by atoms with E-state index in [-0.39, 0.29) is 6.04 Å². The van der Waals surface area contributed by atoms with E-state index in [1.165, 1.54) is 12.0 Å². The lowest BCUT2D eigenvalue weighted by molar-refractivity contribution is 0.398. The van der Waals surface area contributed by atoms with Crippen LogP contribution in [0.4, 0.5) is 0 Å². The maximum Gasteiger partial charge on any atom is 0.250 e. The lowest BCUT2D eigenvalue weighted by atomic mass is 9.92. The fourth-order valence-electron chi connectivity index (χ4n) is 1.19. The third-order valence-corrected chi connectivity index (χ3v) is 2.19. The predicted molar refractivity (Wildman–Crippen MR) is 48.7 cm³/mol. The summed E-state index contributed by atoms with van der Waals surface area (Å²) in [4.78, 5) is 4.15. The van der Waals surface area contributed by atoms with Gasteiger partial charge in [-0.25, -0.2) is 0 Å². The highest BCUT2D eigenvalue weighted by Gasteiger charge is 2.12. The normalized spacial score (nSPS) is 18.2. The van der Waals surface area contributed by atoms with E-state index < -0.39 is 0 Å². The Morgan fingerprint density at radius 1 is 1.54 bits per heavy atom. The zero-order valence-corrected chi connectivity index (χ0v) is 7.66. The van der Waals surface area contributed by atoms with Crippen molar-refractivity contribution in [3.05, 3.63) is 17.3 Å². The molecule has 1 unspecified atom stereocenters. The molecule has 1 aromatic rings. The highest BCUT2D eigenvalue weighted by molar-refractivity contribution is 5.45. The average Bonchev–Trinajstić information content (AvgIpc) is 2.44. The number of nitrogens with zero attached hydrogens (tertiary/aromatic N) is 2. The summed E-state index contributed by atoms with van der Waals surface area (Å²) in [5.74, 6) is 1.16. The maximum absolute atomic E-state index is 5.60. The third kappa shape index (κ3) is 1.78. The summed E-state index contributed by atoms with van der Waals surface area (Å²) in [5, 5.41) is 3.77. The average molecular weight is 179 g/mol. The fraction of sp³-hybridized carbons (Fsp3) is 0.556. The molecule has 70 valence electrons. The number of rotatable bonds is 2. The zero-order chi connectivity index (χ0) is 9.26. The highest BCUT2D eigenvalue weighted by atomic mass is 16.5. The number of hydrogen-bond donors (Lipinski definition) is 1. The van der Waals surface area contributed by atoms with Crippen LogP contribution in [0, 0.1) is 0 Å². The van der Waals surface area contributed by atoms with Gasteiger partial charge in [0.2, 0.25) is 0 Å². The molecule has 2 N–H and O–H groups in total. The van der Waals surface area contributed by atoms with Gasteiger partial charge >= 0.3 is 0 Å². The second-order valence-corrected chi connectivity index (χ2v) is 3.44. The van der Waals surface area contributed by atoms with Crippen LogP contribution in [0.5, 0.6) is 0 Å². The number of nitrogens with two attached hydrogens (primary N) is 1. The second-order valence-electron chi connectivity index (χ2n) is 3.44. The molecule has 0 aromatic carbocycles.